The lowest BCUT2D eigenvalue weighted by Gasteiger charge is -2.19. The monoisotopic (exact) mass is 210 g/mol. The molecule has 1 aromatic rings. The molecule has 0 radical (unpaired) electrons. The van der Waals surface area contributed by atoms with Gasteiger partial charge in [0, 0.05) is 19.2 Å². The molecule has 0 aliphatic carbocycles. The van der Waals surface area contributed by atoms with Crippen LogP contribution in [0.5, 0.6) is 0 Å². The Bertz CT molecular complexity index is 269. The zero-order chi connectivity index (χ0) is 10.5. The zero-order valence-corrected chi connectivity index (χ0v) is 9.09. The Morgan fingerprint density at radius 1 is 1.67 bits per heavy atom. The van der Waals surface area contributed by atoms with Crippen molar-refractivity contribution in [2.45, 2.75) is 38.5 Å². The zero-order valence-electron chi connectivity index (χ0n) is 9.09. The van der Waals surface area contributed by atoms with Gasteiger partial charge in [-0.1, -0.05) is 0 Å². The lowest BCUT2D eigenvalue weighted by molar-refractivity contribution is 0.0834. The molecule has 2 atom stereocenters. The molecule has 0 amide bonds. The van der Waals surface area contributed by atoms with Crippen LogP contribution < -0.4 is 5.32 Å². The van der Waals surface area contributed by atoms with Crippen molar-refractivity contribution in [3.8, 4) is 0 Å². The first-order chi connectivity index (χ1) is 7.36. The average molecular weight is 210 g/mol. The van der Waals surface area contributed by atoms with E-state index in [1.165, 1.54) is 12.8 Å². The summed E-state index contributed by atoms with van der Waals surface area (Å²) < 4.78 is 7.43. The van der Waals surface area contributed by atoms with Gasteiger partial charge in [-0.3, -0.25) is 4.68 Å². The van der Waals surface area contributed by atoms with Crippen LogP contribution in [0.3, 0.4) is 0 Å². The number of hydrogen-bond donors (Lipinski definition) is 1. The summed E-state index contributed by atoms with van der Waals surface area (Å²) in [6, 6.07) is 0.427. The molecule has 5 nitrogen and oxygen atoms in total. The highest BCUT2D eigenvalue weighted by molar-refractivity contribution is 4.76. The fraction of sp³-hybridized carbons (Fsp3) is 0.800. The molecule has 1 N–H and O–H groups in total. The van der Waals surface area contributed by atoms with E-state index in [1.807, 2.05) is 4.68 Å². The molecule has 1 aliphatic rings. The summed E-state index contributed by atoms with van der Waals surface area (Å²) in [5.74, 6) is 0. The highest BCUT2D eigenvalue weighted by Gasteiger charge is 2.21. The van der Waals surface area contributed by atoms with Gasteiger partial charge < -0.3 is 10.1 Å². The van der Waals surface area contributed by atoms with Crippen molar-refractivity contribution in [2.24, 2.45) is 0 Å². The molecule has 1 saturated heterocycles. The van der Waals surface area contributed by atoms with Crippen molar-refractivity contribution < 1.29 is 4.74 Å². The third-order valence-electron chi connectivity index (χ3n) is 2.80. The van der Waals surface area contributed by atoms with Crippen molar-refractivity contribution in [1.82, 2.24) is 20.1 Å². The molecule has 0 saturated carbocycles. The molecule has 15 heavy (non-hydrogen) atoms. The van der Waals surface area contributed by atoms with E-state index in [0.29, 0.717) is 12.1 Å². The molecular formula is C10H18N4O. The van der Waals surface area contributed by atoms with Gasteiger partial charge in [0.25, 0.3) is 0 Å². The summed E-state index contributed by atoms with van der Waals surface area (Å²) in [4.78, 5) is 3.90. The molecule has 0 aromatic carbocycles. The van der Waals surface area contributed by atoms with Crippen LogP contribution in [-0.2, 0) is 11.3 Å². The van der Waals surface area contributed by atoms with Gasteiger partial charge in [0.15, 0.2) is 0 Å². The van der Waals surface area contributed by atoms with E-state index in [4.69, 9.17) is 4.74 Å². The minimum Gasteiger partial charge on any atom is -0.377 e. The van der Waals surface area contributed by atoms with Crippen LogP contribution in [0.1, 0.15) is 19.8 Å². The van der Waals surface area contributed by atoms with Crippen molar-refractivity contribution in [2.75, 3.05) is 13.2 Å². The van der Waals surface area contributed by atoms with Gasteiger partial charge in [-0.25, -0.2) is 4.98 Å². The predicted molar refractivity (Wildman–Crippen MR) is 56.5 cm³/mol. The summed E-state index contributed by atoms with van der Waals surface area (Å²) >= 11 is 0. The first-order valence-corrected chi connectivity index (χ1v) is 5.53. The molecule has 0 spiro atoms. The highest BCUT2D eigenvalue weighted by Crippen LogP contribution is 2.14. The van der Waals surface area contributed by atoms with E-state index in [1.54, 1.807) is 12.7 Å². The van der Waals surface area contributed by atoms with Crippen LogP contribution in [0.4, 0.5) is 0 Å². The molecule has 5 heteroatoms. The van der Waals surface area contributed by atoms with E-state index >= 15 is 0 Å². The second kappa shape index (κ2) is 5.23. The van der Waals surface area contributed by atoms with Crippen LogP contribution in [0.15, 0.2) is 12.7 Å². The average Bonchev–Trinajstić information content (AvgIpc) is 2.90. The quantitative estimate of drug-likeness (QED) is 0.766. The Morgan fingerprint density at radius 2 is 2.60 bits per heavy atom. The standard InChI is InChI=1S/C10H18N4O/c1-9(10-3-2-6-15-10)12-4-5-14-8-11-7-13-14/h7-10,12H,2-6H2,1H3. The Kier molecular flexibility index (Phi) is 3.69. The van der Waals surface area contributed by atoms with E-state index in [0.717, 1.165) is 19.7 Å². The van der Waals surface area contributed by atoms with Gasteiger partial charge in [-0.05, 0) is 19.8 Å². The second-order valence-electron chi connectivity index (χ2n) is 3.95. The van der Waals surface area contributed by atoms with Gasteiger partial charge in [0.05, 0.1) is 12.6 Å². The maximum atomic E-state index is 5.61. The van der Waals surface area contributed by atoms with E-state index < -0.39 is 0 Å². The molecule has 0 bridgehead atoms. The minimum atomic E-state index is 0.390. The lowest BCUT2D eigenvalue weighted by Crippen LogP contribution is -2.38. The minimum absolute atomic E-state index is 0.390. The summed E-state index contributed by atoms with van der Waals surface area (Å²) in [7, 11) is 0. The molecule has 2 unspecified atom stereocenters. The topological polar surface area (TPSA) is 52.0 Å². The SMILES string of the molecule is CC(NCCn1cncn1)C1CCCO1. The maximum Gasteiger partial charge on any atom is 0.137 e. The van der Waals surface area contributed by atoms with Crippen molar-refractivity contribution in [3.63, 3.8) is 0 Å². The van der Waals surface area contributed by atoms with E-state index in [-0.39, 0.29) is 0 Å². The van der Waals surface area contributed by atoms with Crippen LogP contribution in [-0.4, -0.2) is 40.1 Å². The van der Waals surface area contributed by atoms with Crippen molar-refractivity contribution in [1.29, 1.82) is 0 Å². The van der Waals surface area contributed by atoms with Gasteiger partial charge in [0.1, 0.15) is 12.7 Å². The first-order valence-electron chi connectivity index (χ1n) is 5.53. The predicted octanol–water partition coefficient (Wildman–Crippen LogP) is 0.435. The van der Waals surface area contributed by atoms with Crippen molar-refractivity contribution in [3.05, 3.63) is 12.7 Å². The number of rotatable bonds is 5. The van der Waals surface area contributed by atoms with Gasteiger partial charge in [-0.2, -0.15) is 5.10 Å². The second-order valence-corrected chi connectivity index (χ2v) is 3.95. The van der Waals surface area contributed by atoms with Gasteiger partial charge >= 0.3 is 0 Å². The number of ether oxygens (including phenoxy) is 1. The van der Waals surface area contributed by atoms with E-state index in [9.17, 15) is 0 Å². The molecular weight excluding hydrogens is 192 g/mol. The number of nitrogens with one attached hydrogen (secondary N) is 1. The van der Waals surface area contributed by atoms with Gasteiger partial charge in [-0.15, -0.1) is 0 Å². The summed E-state index contributed by atoms with van der Waals surface area (Å²) in [6.45, 7) is 4.86. The maximum absolute atomic E-state index is 5.61. The molecule has 2 heterocycles. The Hall–Kier alpha value is -0.940. The summed E-state index contributed by atoms with van der Waals surface area (Å²) in [5, 5.41) is 7.49. The van der Waals surface area contributed by atoms with Crippen LogP contribution >= 0.6 is 0 Å². The smallest absolute Gasteiger partial charge is 0.137 e. The highest BCUT2D eigenvalue weighted by atomic mass is 16.5. The first kappa shape index (κ1) is 10.6. The summed E-state index contributed by atoms with van der Waals surface area (Å²) in [6.07, 6.45) is 6.06. The fourth-order valence-corrected chi connectivity index (χ4v) is 1.88. The number of nitrogens with zero attached hydrogens (tertiary/aromatic N) is 3. The summed E-state index contributed by atoms with van der Waals surface area (Å²) in [5.41, 5.74) is 0. The van der Waals surface area contributed by atoms with Crippen LogP contribution in [0, 0.1) is 0 Å². The third kappa shape index (κ3) is 3.00. The van der Waals surface area contributed by atoms with Crippen LogP contribution in [0.2, 0.25) is 0 Å². The Balaban J connectivity index is 1.64. The van der Waals surface area contributed by atoms with Crippen molar-refractivity contribution >= 4 is 0 Å². The molecule has 1 fully saturated rings. The fourth-order valence-electron chi connectivity index (χ4n) is 1.88. The Labute approximate surface area is 89.8 Å². The van der Waals surface area contributed by atoms with Gasteiger partial charge in [0.2, 0.25) is 0 Å². The molecule has 1 aromatic heterocycles. The third-order valence-corrected chi connectivity index (χ3v) is 2.80. The number of aromatic nitrogens is 3. The lowest BCUT2D eigenvalue weighted by atomic mass is 10.1. The molecule has 84 valence electrons. The largest absolute Gasteiger partial charge is 0.377 e. The van der Waals surface area contributed by atoms with E-state index in [2.05, 4.69) is 22.3 Å². The molecule has 1 aliphatic heterocycles. The van der Waals surface area contributed by atoms with Crippen LogP contribution in [0.25, 0.3) is 0 Å². The number of hydrogen-bond acceptors (Lipinski definition) is 4. The normalized spacial score (nSPS) is 23.1. The molecule has 2 rings (SSSR count). The Morgan fingerprint density at radius 3 is 3.27 bits per heavy atom.